The average molecular weight is 349 g/mol. The van der Waals surface area contributed by atoms with E-state index in [9.17, 15) is 9.18 Å². The summed E-state index contributed by atoms with van der Waals surface area (Å²) in [4.78, 5) is 14.6. The van der Waals surface area contributed by atoms with Gasteiger partial charge >= 0.3 is 0 Å². The molecule has 2 aromatic carbocycles. The van der Waals surface area contributed by atoms with E-state index in [1.807, 2.05) is 42.2 Å². The fraction of sp³-hybridized carbons (Fsp3) is 0.316. The topological polar surface area (TPSA) is 46.3 Å². The Kier molecular flexibility index (Phi) is 5.97. The zero-order valence-corrected chi connectivity index (χ0v) is 14.4. The van der Waals surface area contributed by atoms with Crippen LogP contribution >= 0.6 is 12.4 Å². The van der Waals surface area contributed by atoms with Crippen molar-refractivity contribution in [2.24, 2.45) is 5.73 Å². The van der Waals surface area contributed by atoms with Crippen LogP contribution in [0.3, 0.4) is 0 Å². The maximum atomic E-state index is 13.1. The molecule has 2 N–H and O–H groups in total. The summed E-state index contributed by atoms with van der Waals surface area (Å²) in [6, 6.07) is 15.5. The van der Waals surface area contributed by atoms with Gasteiger partial charge in [-0.2, -0.15) is 0 Å². The summed E-state index contributed by atoms with van der Waals surface area (Å²) < 4.78 is 13.1. The smallest absolute Gasteiger partial charge is 0.244 e. The predicted octanol–water partition coefficient (Wildman–Crippen LogP) is 3.65. The molecule has 1 amide bonds. The van der Waals surface area contributed by atoms with Crippen LogP contribution in [0.25, 0.3) is 0 Å². The largest absolute Gasteiger partial charge is 0.338 e. The van der Waals surface area contributed by atoms with Crippen LogP contribution in [0.1, 0.15) is 36.4 Å². The number of carbonyl (C=O) groups is 1. The Morgan fingerprint density at radius 1 is 1.17 bits per heavy atom. The van der Waals surface area contributed by atoms with Crippen molar-refractivity contribution in [1.82, 2.24) is 4.90 Å². The summed E-state index contributed by atoms with van der Waals surface area (Å²) in [5.41, 5.74) is 8.04. The van der Waals surface area contributed by atoms with Crippen LogP contribution in [-0.4, -0.2) is 23.4 Å². The van der Waals surface area contributed by atoms with Crippen LogP contribution in [0.15, 0.2) is 54.6 Å². The maximum Gasteiger partial charge on any atom is 0.244 e. The minimum atomic E-state index is -0.634. The molecule has 24 heavy (non-hydrogen) atoms. The Labute approximate surface area is 148 Å². The zero-order valence-electron chi connectivity index (χ0n) is 13.6. The standard InChI is InChI=1S/C19H21FN2O.ClH/c1-13-11-16(14-7-9-17(20)10-8-14)12-22(13)19(23)18(21)15-5-3-2-4-6-15;/h2-10,13,16,18H,11-12,21H2,1H3;1H. The van der Waals surface area contributed by atoms with Gasteiger partial charge in [0.05, 0.1) is 0 Å². The highest BCUT2D eigenvalue weighted by Gasteiger charge is 2.35. The molecule has 2 aromatic rings. The minimum absolute atomic E-state index is 0. The summed E-state index contributed by atoms with van der Waals surface area (Å²) in [6.45, 7) is 2.67. The molecule has 0 bridgehead atoms. The summed E-state index contributed by atoms with van der Waals surface area (Å²) in [5.74, 6) is -0.0512. The van der Waals surface area contributed by atoms with E-state index in [1.54, 1.807) is 12.1 Å². The highest BCUT2D eigenvalue weighted by atomic mass is 35.5. The number of rotatable bonds is 3. The summed E-state index contributed by atoms with van der Waals surface area (Å²) >= 11 is 0. The highest BCUT2D eigenvalue weighted by molar-refractivity contribution is 5.85. The van der Waals surface area contributed by atoms with Crippen molar-refractivity contribution < 1.29 is 9.18 Å². The van der Waals surface area contributed by atoms with E-state index < -0.39 is 6.04 Å². The van der Waals surface area contributed by atoms with E-state index in [-0.39, 0.29) is 36.1 Å². The number of nitrogens with zero attached hydrogens (tertiary/aromatic N) is 1. The van der Waals surface area contributed by atoms with Crippen LogP contribution in [-0.2, 0) is 4.79 Å². The number of carbonyl (C=O) groups excluding carboxylic acids is 1. The third kappa shape index (κ3) is 3.77. The van der Waals surface area contributed by atoms with Crippen LogP contribution in [0, 0.1) is 5.82 Å². The lowest BCUT2D eigenvalue weighted by Crippen LogP contribution is -2.40. The summed E-state index contributed by atoms with van der Waals surface area (Å²) in [7, 11) is 0. The lowest BCUT2D eigenvalue weighted by Gasteiger charge is -2.25. The molecule has 0 aliphatic carbocycles. The van der Waals surface area contributed by atoms with Crippen molar-refractivity contribution in [2.75, 3.05) is 6.54 Å². The van der Waals surface area contributed by atoms with Crippen LogP contribution in [0.4, 0.5) is 4.39 Å². The first-order chi connectivity index (χ1) is 11.1. The zero-order chi connectivity index (χ0) is 16.4. The molecule has 128 valence electrons. The van der Waals surface area contributed by atoms with E-state index >= 15 is 0 Å². The molecule has 0 spiro atoms. The summed E-state index contributed by atoms with van der Waals surface area (Å²) in [6.07, 6.45) is 0.874. The van der Waals surface area contributed by atoms with Crippen molar-refractivity contribution in [3.05, 3.63) is 71.5 Å². The fourth-order valence-corrected chi connectivity index (χ4v) is 3.30. The van der Waals surface area contributed by atoms with Gasteiger partial charge in [0, 0.05) is 18.5 Å². The Balaban J connectivity index is 0.00000208. The minimum Gasteiger partial charge on any atom is -0.338 e. The van der Waals surface area contributed by atoms with Gasteiger partial charge in [0.1, 0.15) is 11.9 Å². The van der Waals surface area contributed by atoms with Gasteiger partial charge in [-0.05, 0) is 36.6 Å². The van der Waals surface area contributed by atoms with E-state index in [1.165, 1.54) is 12.1 Å². The highest BCUT2D eigenvalue weighted by Crippen LogP contribution is 2.33. The first kappa shape index (κ1) is 18.4. The molecule has 1 aliphatic heterocycles. The van der Waals surface area contributed by atoms with E-state index in [4.69, 9.17) is 5.73 Å². The van der Waals surface area contributed by atoms with Gasteiger partial charge in [0.2, 0.25) is 5.91 Å². The molecule has 0 radical (unpaired) electrons. The van der Waals surface area contributed by atoms with Gasteiger partial charge in [-0.25, -0.2) is 4.39 Å². The van der Waals surface area contributed by atoms with E-state index in [2.05, 4.69) is 0 Å². The second kappa shape index (κ2) is 7.77. The van der Waals surface area contributed by atoms with Gasteiger partial charge in [-0.15, -0.1) is 12.4 Å². The fourth-order valence-electron chi connectivity index (χ4n) is 3.30. The predicted molar refractivity (Wildman–Crippen MR) is 95.6 cm³/mol. The van der Waals surface area contributed by atoms with Crippen LogP contribution in [0.5, 0.6) is 0 Å². The van der Waals surface area contributed by atoms with Gasteiger partial charge in [0.25, 0.3) is 0 Å². The molecule has 1 heterocycles. The van der Waals surface area contributed by atoms with E-state index in [0.29, 0.717) is 6.54 Å². The molecular formula is C19H22ClFN2O. The van der Waals surface area contributed by atoms with Crippen molar-refractivity contribution in [3.8, 4) is 0 Å². The van der Waals surface area contributed by atoms with Crippen molar-refractivity contribution in [2.45, 2.75) is 31.3 Å². The second-order valence-corrected chi connectivity index (χ2v) is 6.21. The first-order valence-electron chi connectivity index (χ1n) is 7.92. The first-order valence-corrected chi connectivity index (χ1v) is 7.92. The number of likely N-dealkylation sites (tertiary alicyclic amines) is 1. The Morgan fingerprint density at radius 3 is 2.42 bits per heavy atom. The van der Waals surface area contributed by atoms with Gasteiger partial charge < -0.3 is 10.6 Å². The monoisotopic (exact) mass is 348 g/mol. The molecule has 3 nitrogen and oxygen atoms in total. The number of halogens is 2. The Hall–Kier alpha value is -1.91. The van der Waals surface area contributed by atoms with Gasteiger partial charge in [-0.1, -0.05) is 42.5 Å². The number of hydrogen-bond acceptors (Lipinski definition) is 2. The SMILES string of the molecule is CC1CC(c2ccc(F)cc2)CN1C(=O)C(N)c1ccccc1.Cl. The van der Waals surface area contributed by atoms with Gasteiger partial charge in [0.15, 0.2) is 0 Å². The quantitative estimate of drug-likeness (QED) is 0.920. The molecule has 1 aliphatic rings. The van der Waals surface area contributed by atoms with Crippen molar-refractivity contribution in [1.29, 1.82) is 0 Å². The molecule has 0 aromatic heterocycles. The van der Waals surface area contributed by atoms with Crippen molar-refractivity contribution in [3.63, 3.8) is 0 Å². The molecule has 3 atom stereocenters. The third-order valence-electron chi connectivity index (χ3n) is 4.62. The number of hydrogen-bond donors (Lipinski definition) is 1. The van der Waals surface area contributed by atoms with Crippen LogP contribution in [0.2, 0.25) is 0 Å². The van der Waals surface area contributed by atoms with E-state index in [0.717, 1.165) is 17.5 Å². The normalized spacial score (nSPS) is 21.2. The Bertz CT molecular complexity index is 678. The molecular weight excluding hydrogens is 327 g/mol. The molecule has 1 saturated heterocycles. The number of amides is 1. The molecule has 5 heteroatoms. The van der Waals surface area contributed by atoms with Crippen LogP contribution < -0.4 is 5.73 Å². The maximum absolute atomic E-state index is 13.1. The lowest BCUT2D eigenvalue weighted by atomic mass is 9.97. The molecule has 3 rings (SSSR count). The Morgan fingerprint density at radius 2 is 1.79 bits per heavy atom. The number of nitrogens with two attached hydrogens (primary N) is 1. The molecule has 1 fully saturated rings. The number of benzene rings is 2. The summed E-state index contributed by atoms with van der Waals surface area (Å²) in [5, 5.41) is 0. The lowest BCUT2D eigenvalue weighted by molar-refractivity contribution is -0.133. The second-order valence-electron chi connectivity index (χ2n) is 6.21. The third-order valence-corrected chi connectivity index (χ3v) is 4.62. The molecule has 3 unspecified atom stereocenters. The van der Waals surface area contributed by atoms with Crippen molar-refractivity contribution >= 4 is 18.3 Å². The average Bonchev–Trinajstić information content (AvgIpc) is 2.96. The van der Waals surface area contributed by atoms with Gasteiger partial charge in [-0.3, -0.25) is 4.79 Å². The molecule has 0 saturated carbocycles.